The second-order valence-electron chi connectivity index (χ2n) is 11.3. The number of nitrogens with one attached hydrogen (secondary N) is 1. The topological polar surface area (TPSA) is 98.6 Å². The molecule has 2 atom stereocenters. The Morgan fingerprint density at radius 3 is 2.28 bits per heavy atom. The molecule has 2 aromatic rings. The molecule has 2 fully saturated rings. The molecule has 16 heteroatoms. The minimum Gasteiger partial charge on any atom is -0.371 e. The van der Waals surface area contributed by atoms with Gasteiger partial charge in [0.25, 0.3) is 5.91 Å². The van der Waals surface area contributed by atoms with Gasteiger partial charge in [-0.15, -0.1) is 0 Å². The van der Waals surface area contributed by atoms with Crippen LogP contribution in [0.5, 0.6) is 0 Å². The van der Waals surface area contributed by atoms with E-state index in [1.54, 1.807) is 13.8 Å². The van der Waals surface area contributed by atoms with Crippen LogP contribution in [-0.2, 0) is 14.3 Å². The predicted octanol–water partition coefficient (Wildman–Crippen LogP) is 6.47. The zero-order valence-electron chi connectivity index (χ0n) is 23.2. The number of hydrogen-bond donors (Lipinski definition) is 1. The fraction of sp³-hybridized carbons (Fsp3) is 0.481. The van der Waals surface area contributed by atoms with Crippen molar-refractivity contribution in [2.75, 3.05) is 18.1 Å². The molecule has 1 aromatic heterocycles. The molecule has 2 unspecified atom stereocenters. The number of nitrogens with zero attached hydrogens (tertiary/aromatic N) is 4. The summed E-state index contributed by atoms with van der Waals surface area (Å²) in [6, 6.07) is 0.664. The minimum atomic E-state index is -10.1. The molecule has 0 spiro atoms. The maximum atomic E-state index is 14.2. The average Bonchev–Trinajstić information content (AvgIpc) is 2.91. The molecule has 2 amide bonds. The summed E-state index contributed by atoms with van der Waals surface area (Å²) in [5.74, 6) is -4.71. The molecule has 0 radical (unpaired) electrons. The molecular formula is C27H30F7N5O3S. The second-order valence-corrected chi connectivity index (χ2v) is 13.7. The van der Waals surface area contributed by atoms with Crippen molar-refractivity contribution in [2.24, 2.45) is 0 Å². The van der Waals surface area contributed by atoms with Crippen LogP contribution >= 0.6 is 10.2 Å². The Morgan fingerprint density at radius 2 is 1.74 bits per heavy atom. The van der Waals surface area contributed by atoms with E-state index in [1.165, 1.54) is 24.5 Å². The minimum absolute atomic E-state index is 0.0447. The van der Waals surface area contributed by atoms with Gasteiger partial charge in [0.2, 0.25) is 11.8 Å². The Bertz CT molecular complexity index is 1390. The van der Waals surface area contributed by atoms with Gasteiger partial charge in [0.05, 0.1) is 18.8 Å². The van der Waals surface area contributed by atoms with Crippen LogP contribution in [0.4, 0.5) is 33.9 Å². The molecule has 0 bridgehead atoms. The number of halogens is 7. The number of benzene rings is 1. The summed E-state index contributed by atoms with van der Waals surface area (Å²) in [4.78, 5) is 31.7. The highest BCUT2D eigenvalue weighted by Crippen LogP contribution is 3.02. The number of ether oxygens (including phenoxy) is 1. The summed E-state index contributed by atoms with van der Waals surface area (Å²) in [6.45, 7) is 2.97. The van der Waals surface area contributed by atoms with Crippen molar-refractivity contribution < 1.29 is 42.5 Å². The van der Waals surface area contributed by atoms with E-state index < -0.39 is 69.4 Å². The number of rotatable bonds is 7. The molecule has 1 aliphatic heterocycles. The lowest BCUT2D eigenvalue weighted by Gasteiger charge is -2.43. The van der Waals surface area contributed by atoms with E-state index in [-0.39, 0.29) is 49.4 Å². The Balaban J connectivity index is 1.80. The van der Waals surface area contributed by atoms with Gasteiger partial charge in [0, 0.05) is 42.5 Å². The smallest absolute Gasteiger partial charge is 0.310 e. The number of hydrogen-bond acceptors (Lipinski definition) is 6. The summed E-state index contributed by atoms with van der Waals surface area (Å²) in [5.41, 5.74) is -1.12. The third-order valence-electron chi connectivity index (χ3n) is 7.34. The first kappa shape index (κ1) is 32.3. The van der Waals surface area contributed by atoms with E-state index >= 15 is 0 Å². The third-order valence-corrected chi connectivity index (χ3v) is 8.50. The van der Waals surface area contributed by atoms with Crippen LogP contribution < -0.4 is 10.2 Å². The average molecular weight is 638 g/mol. The van der Waals surface area contributed by atoms with Crippen LogP contribution in [0.1, 0.15) is 51.1 Å². The molecule has 4 rings (SSSR count). The summed E-state index contributed by atoms with van der Waals surface area (Å²) in [5, 5.41) is 12.4. The van der Waals surface area contributed by atoms with Gasteiger partial charge in [-0.2, -0.15) is 5.26 Å². The van der Waals surface area contributed by atoms with Crippen molar-refractivity contribution in [3.63, 3.8) is 0 Å². The van der Waals surface area contributed by atoms with E-state index in [9.17, 15) is 43.1 Å². The van der Waals surface area contributed by atoms with Crippen LogP contribution in [0.15, 0.2) is 53.7 Å². The van der Waals surface area contributed by atoms with Gasteiger partial charge in [0.15, 0.2) is 6.19 Å². The Morgan fingerprint density at radius 1 is 1.12 bits per heavy atom. The van der Waals surface area contributed by atoms with E-state index in [2.05, 4.69) is 10.3 Å². The fourth-order valence-corrected chi connectivity index (χ4v) is 5.77. The van der Waals surface area contributed by atoms with Crippen molar-refractivity contribution >= 4 is 27.7 Å². The number of anilines is 1. The van der Waals surface area contributed by atoms with Gasteiger partial charge in [-0.25, -0.2) is 8.78 Å². The SMILES string of the molecule is CC1(C)CN(C#N)C(C(=O)N(c2ccc(S(F)(F)(F)(F)F)cc2)C(C(=O)NC2CCC(F)(F)CC2)c2cccnc2)CO1. The first-order valence-corrected chi connectivity index (χ1v) is 15.2. The zero-order valence-corrected chi connectivity index (χ0v) is 24.0. The molecule has 236 valence electrons. The highest BCUT2D eigenvalue weighted by molar-refractivity contribution is 8.45. The Kier molecular flexibility index (Phi) is 7.93. The number of carbonyl (C=O) groups excluding carboxylic acids is 2. The standard InChI is InChI=1S/C27H30F7N5O3S/c1-26(2)16-38(17-35)22(15-42-26)25(41)39(20-5-7-21(8-6-20)43(30,31,32,33)34)23(18-4-3-13-36-14-18)24(40)37-19-9-11-27(28,29)12-10-19/h3-8,13-14,19,22-23H,9-12,15-16H2,1-2H3,(H,37,40). The molecular weight excluding hydrogens is 607 g/mol. The second kappa shape index (κ2) is 10.5. The Hall–Kier alpha value is -3.58. The molecule has 1 N–H and O–H groups in total. The number of alkyl halides is 2. The highest BCUT2D eigenvalue weighted by Gasteiger charge is 2.65. The number of morpholine rings is 1. The lowest BCUT2D eigenvalue weighted by atomic mass is 9.91. The largest absolute Gasteiger partial charge is 0.371 e. The summed E-state index contributed by atoms with van der Waals surface area (Å²) in [7, 11) is -10.1. The van der Waals surface area contributed by atoms with Gasteiger partial charge in [0.1, 0.15) is 17.0 Å². The maximum absolute atomic E-state index is 14.2. The lowest BCUT2D eigenvalue weighted by Crippen LogP contribution is -2.60. The van der Waals surface area contributed by atoms with Crippen molar-refractivity contribution in [3.8, 4) is 6.19 Å². The van der Waals surface area contributed by atoms with Gasteiger partial charge in [-0.3, -0.25) is 24.4 Å². The van der Waals surface area contributed by atoms with Crippen LogP contribution in [0.3, 0.4) is 0 Å². The van der Waals surface area contributed by atoms with E-state index in [4.69, 9.17) is 4.74 Å². The number of pyridine rings is 1. The highest BCUT2D eigenvalue weighted by atomic mass is 32.5. The van der Waals surface area contributed by atoms with Crippen molar-refractivity contribution in [1.82, 2.24) is 15.2 Å². The van der Waals surface area contributed by atoms with E-state index in [1.807, 2.05) is 6.19 Å². The molecule has 2 aliphatic rings. The first-order valence-electron chi connectivity index (χ1n) is 13.3. The molecule has 8 nitrogen and oxygen atoms in total. The van der Waals surface area contributed by atoms with Crippen LogP contribution in [0, 0.1) is 11.5 Å². The summed E-state index contributed by atoms with van der Waals surface area (Å²) < 4.78 is 101. The van der Waals surface area contributed by atoms with E-state index in [0.29, 0.717) is 12.1 Å². The molecule has 2 heterocycles. The predicted molar refractivity (Wildman–Crippen MR) is 144 cm³/mol. The van der Waals surface area contributed by atoms with Gasteiger partial charge >= 0.3 is 10.2 Å². The number of aromatic nitrogens is 1. The molecule has 1 aromatic carbocycles. The van der Waals surface area contributed by atoms with Crippen LogP contribution in [0.25, 0.3) is 0 Å². The van der Waals surface area contributed by atoms with Crippen molar-refractivity contribution in [1.29, 1.82) is 5.26 Å². The zero-order chi connectivity index (χ0) is 31.9. The van der Waals surface area contributed by atoms with Crippen LogP contribution in [-0.4, -0.2) is 58.5 Å². The summed E-state index contributed by atoms with van der Waals surface area (Å²) in [6.07, 6.45) is 3.38. The number of carbonyl (C=O) groups is 2. The summed E-state index contributed by atoms with van der Waals surface area (Å²) >= 11 is 0. The third kappa shape index (κ3) is 7.69. The first-order chi connectivity index (χ1) is 19.7. The monoisotopic (exact) mass is 637 g/mol. The number of amides is 2. The van der Waals surface area contributed by atoms with Crippen LogP contribution in [0.2, 0.25) is 0 Å². The van der Waals surface area contributed by atoms with Gasteiger partial charge in [-0.1, -0.05) is 25.5 Å². The Labute approximate surface area is 243 Å². The van der Waals surface area contributed by atoms with Gasteiger partial charge in [-0.05, 0) is 57.0 Å². The quantitative estimate of drug-likeness (QED) is 0.276. The molecule has 1 aliphatic carbocycles. The van der Waals surface area contributed by atoms with E-state index in [0.717, 1.165) is 9.80 Å². The molecule has 1 saturated heterocycles. The lowest BCUT2D eigenvalue weighted by molar-refractivity contribution is -0.141. The van der Waals surface area contributed by atoms with Crippen molar-refractivity contribution in [3.05, 3.63) is 54.4 Å². The molecule has 43 heavy (non-hydrogen) atoms. The number of nitriles is 1. The van der Waals surface area contributed by atoms with Crippen molar-refractivity contribution in [2.45, 2.75) is 74.1 Å². The normalized spacial score (nSPS) is 22.8. The maximum Gasteiger partial charge on any atom is 0.310 e. The van der Waals surface area contributed by atoms with Gasteiger partial charge < -0.3 is 10.1 Å². The fourth-order valence-electron chi connectivity index (χ4n) is 5.12. The molecule has 1 saturated carbocycles.